The van der Waals surface area contributed by atoms with Crippen molar-refractivity contribution in [1.29, 1.82) is 0 Å². The molecule has 1 aliphatic heterocycles. The maximum atomic E-state index is 9.56. The SMILES string of the molecule is CC(C)c1ncc(OC2CCN(Cc3ccccc3)C2)c(CO)n1. The molecule has 3 rings (SSSR count). The molecule has 1 aromatic heterocycles. The molecule has 1 atom stereocenters. The molecule has 5 nitrogen and oxygen atoms in total. The summed E-state index contributed by atoms with van der Waals surface area (Å²) >= 11 is 0. The van der Waals surface area contributed by atoms with Crippen LogP contribution in [0.5, 0.6) is 5.75 Å². The van der Waals surface area contributed by atoms with Gasteiger partial charge < -0.3 is 9.84 Å². The molecule has 1 aliphatic rings. The lowest BCUT2D eigenvalue weighted by atomic mass is 10.2. The summed E-state index contributed by atoms with van der Waals surface area (Å²) in [4.78, 5) is 11.2. The van der Waals surface area contributed by atoms with Crippen LogP contribution < -0.4 is 4.74 Å². The van der Waals surface area contributed by atoms with Crippen LogP contribution >= 0.6 is 0 Å². The summed E-state index contributed by atoms with van der Waals surface area (Å²) in [6, 6.07) is 10.5. The Bertz CT molecular complexity index is 661. The number of likely N-dealkylation sites (tertiary alicyclic amines) is 1. The Morgan fingerprint density at radius 2 is 2.08 bits per heavy atom. The third kappa shape index (κ3) is 4.10. The smallest absolute Gasteiger partial charge is 0.161 e. The zero-order valence-electron chi connectivity index (χ0n) is 14.4. The molecular formula is C19H25N3O2. The molecule has 0 amide bonds. The van der Waals surface area contributed by atoms with Crippen LogP contribution in [0.3, 0.4) is 0 Å². The molecule has 1 aromatic carbocycles. The van der Waals surface area contributed by atoms with E-state index in [9.17, 15) is 5.11 Å². The fourth-order valence-corrected chi connectivity index (χ4v) is 2.97. The van der Waals surface area contributed by atoms with Crippen molar-refractivity contribution >= 4 is 0 Å². The van der Waals surface area contributed by atoms with Gasteiger partial charge in [0.25, 0.3) is 0 Å². The molecule has 0 bridgehead atoms. The molecule has 5 heteroatoms. The van der Waals surface area contributed by atoms with Crippen LogP contribution in [-0.4, -0.2) is 39.2 Å². The van der Waals surface area contributed by atoms with Crippen LogP contribution in [0, 0.1) is 0 Å². The van der Waals surface area contributed by atoms with Gasteiger partial charge in [-0.05, 0) is 12.0 Å². The Morgan fingerprint density at radius 1 is 1.29 bits per heavy atom. The van der Waals surface area contributed by atoms with E-state index < -0.39 is 0 Å². The van der Waals surface area contributed by atoms with Crippen molar-refractivity contribution in [2.75, 3.05) is 13.1 Å². The summed E-state index contributed by atoms with van der Waals surface area (Å²) in [7, 11) is 0. The van der Waals surface area contributed by atoms with Crippen LogP contribution in [0.25, 0.3) is 0 Å². The molecule has 0 saturated carbocycles. The Labute approximate surface area is 143 Å². The minimum absolute atomic E-state index is 0.118. The predicted molar refractivity (Wildman–Crippen MR) is 92.8 cm³/mol. The standard InChI is InChI=1S/C19H25N3O2/c1-14(2)19-20-10-18(17(13-23)21-19)24-16-8-9-22(12-16)11-15-6-4-3-5-7-15/h3-7,10,14,16,23H,8-9,11-13H2,1-2H3. The van der Waals surface area contributed by atoms with Gasteiger partial charge in [0.1, 0.15) is 17.6 Å². The molecule has 0 aliphatic carbocycles. The number of aromatic nitrogens is 2. The normalized spacial score (nSPS) is 18.2. The average Bonchev–Trinajstić information content (AvgIpc) is 3.03. The van der Waals surface area contributed by atoms with E-state index in [0.717, 1.165) is 31.9 Å². The monoisotopic (exact) mass is 327 g/mol. The molecule has 2 heterocycles. The van der Waals surface area contributed by atoms with Crippen LogP contribution in [-0.2, 0) is 13.2 Å². The van der Waals surface area contributed by atoms with E-state index in [1.165, 1.54) is 5.56 Å². The first-order valence-electron chi connectivity index (χ1n) is 8.55. The van der Waals surface area contributed by atoms with Gasteiger partial charge in [0, 0.05) is 25.6 Å². The number of rotatable bonds is 6. The summed E-state index contributed by atoms with van der Waals surface area (Å²) in [5.41, 5.74) is 1.90. The zero-order valence-corrected chi connectivity index (χ0v) is 14.4. The van der Waals surface area contributed by atoms with E-state index >= 15 is 0 Å². The third-order valence-electron chi connectivity index (χ3n) is 4.29. The van der Waals surface area contributed by atoms with Crippen LogP contribution in [0.15, 0.2) is 36.5 Å². The van der Waals surface area contributed by atoms with Crippen molar-refractivity contribution in [2.24, 2.45) is 0 Å². The van der Waals surface area contributed by atoms with Crippen molar-refractivity contribution in [1.82, 2.24) is 14.9 Å². The molecule has 1 unspecified atom stereocenters. The molecule has 0 spiro atoms. The van der Waals surface area contributed by atoms with E-state index in [-0.39, 0.29) is 18.6 Å². The fraction of sp³-hybridized carbons (Fsp3) is 0.474. The maximum absolute atomic E-state index is 9.56. The molecule has 24 heavy (non-hydrogen) atoms. The summed E-state index contributed by atoms with van der Waals surface area (Å²) in [5.74, 6) is 1.58. The van der Waals surface area contributed by atoms with E-state index in [1.807, 2.05) is 19.9 Å². The van der Waals surface area contributed by atoms with Gasteiger partial charge in [-0.2, -0.15) is 0 Å². The van der Waals surface area contributed by atoms with E-state index in [4.69, 9.17) is 4.74 Å². The molecule has 1 fully saturated rings. The van der Waals surface area contributed by atoms with Crippen molar-refractivity contribution < 1.29 is 9.84 Å². The number of hydrogen-bond acceptors (Lipinski definition) is 5. The quantitative estimate of drug-likeness (QED) is 0.884. The van der Waals surface area contributed by atoms with Crippen molar-refractivity contribution in [3.05, 3.63) is 53.6 Å². The van der Waals surface area contributed by atoms with Gasteiger partial charge in [-0.15, -0.1) is 0 Å². The van der Waals surface area contributed by atoms with Gasteiger partial charge in [-0.3, -0.25) is 4.90 Å². The lowest BCUT2D eigenvalue weighted by molar-refractivity contribution is 0.187. The highest BCUT2D eigenvalue weighted by atomic mass is 16.5. The van der Waals surface area contributed by atoms with Crippen molar-refractivity contribution in [2.45, 2.75) is 45.4 Å². The summed E-state index contributed by atoms with van der Waals surface area (Å²) in [6.45, 7) is 6.78. The minimum atomic E-state index is -0.127. The highest BCUT2D eigenvalue weighted by Gasteiger charge is 2.25. The highest BCUT2D eigenvalue weighted by Crippen LogP contribution is 2.23. The molecule has 128 valence electrons. The van der Waals surface area contributed by atoms with Gasteiger partial charge in [-0.25, -0.2) is 9.97 Å². The first-order valence-corrected chi connectivity index (χ1v) is 8.55. The fourth-order valence-electron chi connectivity index (χ4n) is 2.97. The molecule has 1 saturated heterocycles. The number of aliphatic hydroxyl groups excluding tert-OH is 1. The minimum Gasteiger partial charge on any atom is -0.485 e. The topological polar surface area (TPSA) is 58.5 Å². The first kappa shape index (κ1) is 16.9. The second-order valence-corrected chi connectivity index (χ2v) is 6.60. The predicted octanol–water partition coefficient (Wildman–Crippen LogP) is 2.75. The number of aliphatic hydroxyl groups is 1. The number of nitrogens with zero attached hydrogens (tertiary/aromatic N) is 3. The molecule has 0 radical (unpaired) electrons. The van der Waals surface area contributed by atoms with Crippen molar-refractivity contribution in [3.8, 4) is 5.75 Å². The first-order chi connectivity index (χ1) is 11.7. The number of hydrogen-bond donors (Lipinski definition) is 1. The average molecular weight is 327 g/mol. The van der Waals surface area contributed by atoms with E-state index in [2.05, 4.69) is 39.1 Å². The lowest BCUT2D eigenvalue weighted by Crippen LogP contribution is -2.25. The Kier molecular flexibility index (Phi) is 5.43. The Morgan fingerprint density at radius 3 is 2.79 bits per heavy atom. The van der Waals surface area contributed by atoms with Gasteiger partial charge in [0.2, 0.25) is 0 Å². The second-order valence-electron chi connectivity index (χ2n) is 6.60. The summed E-state index contributed by atoms with van der Waals surface area (Å²) in [6.07, 6.45) is 2.80. The summed E-state index contributed by atoms with van der Waals surface area (Å²) in [5, 5.41) is 9.56. The lowest BCUT2D eigenvalue weighted by Gasteiger charge is -2.18. The van der Waals surface area contributed by atoms with Crippen molar-refractivity contribution in [3.63, 3.8) is 0 Å². The highest BCUT2D eigenvalue weighted by molar-refractivity contribution is 5.25. The molecular weight excluding hydrogens is 302 g/mol. The van der Waals surface area contributed by atoms with Crippen LogP contribution in [0.2, 0.25) is 0 Å². The van der Waals surface area contributed by atoms with E-state index in [1.54, 1.807) is 6.20 Å². The maximum Gasteiger partial charge on any atom is 0.161 e. The summed E-state index contributed by atoms with van der Waals surface area (Å²) < 4.78 is 6.07. The Balaban J connectivity index is 1.61. The Hall–Kier alpha value is -1.98. The second kappa shape index (κ2) is 7.73. The number of ether oxygens (including phenoxy) is 1. The van der Waals surface area contributed by atoms with Gasteiger partial charge in [0.15, 0.2) is 5.75 Å². The van der Waals surface area contributed by atoms with Crippen LogP contribution in [0.4, 0.5) is 0 Å². The number of benzene rings is 1. The van der Waals surface area contributed by atoms with Gasteiger partial charge in [0.05, 0.1) is 12.8 Å². The largest absolute Gasteiger partial charge is 0.485 e. The molecule has 2 aromatic rings. The third-order valence-corrected chi connectivity index (χ3v) is 4.29. The molecule has 1 N–H and O–H groups in total. The van der Waals surface area contributed by atoms with E-state index in [0.29, 0.717) is 11.4 Å². The zero-order chi connectivity index (χ0) is 16.9. The van der Waals surface area contributed by atoms with Crippen LogP contribution in [0.1, 0.15) is 43.3 Å². The van der Waals surface area contributed by atoms with Gasteiger partial charge in [-0.1, -0.05) is 44.2 Å². The van der Waals surface area contributed by atoms with Gasteiger partial charge >= 0.3 is 0 Å².